The van der Waals surface area contributed by atoms with Gasteiger partial charge in [0.2, 0.25) is 5.91 Å². The van der Waals surface area contributed by atoms with Gasteiger partial charge in [-0.15, -0.1) is 0 Å². The molecule has 2 aliphatic rings. The maximum Gasteiger partial charge on any atom is 0.407 e. The summed E-state index contributed by atoms with van der Waals surface area (Å²) in [5.74, 6) is -0.779. The van der Waals surface area contributed by atoms with E-state index in [0.29, 0.717) is 77.3 Å². The van der Waals surface area contributed by atoms with E-state index >= 15 is 4.39 Å². The van der Waals surface area contributed by atoms with Crippen LogP contribution in [0.1, 0.15) is 51.1 Å². The number of hydrogen-bond donors (Lipinski definition) is 1. The van der Waals surface area contributed by atoms with Crippen LogP contribution in [0.5, 0.6) is 0 Å². The summed E-state index contributed by atoms with van der Waals surface area (Å²) in [6, 6.07) is 13.4. The standard InChI is InChI=1S/C37H42F2N8O3S/c1-22(2)29-17-30(44(6)35-43-33(31(18-40)51-35)23-7-9-24(38)10-8-23)27-15-26(16-28(39)34(27)42-29)46-13-11-45(12-14-46)21-32(48)47-19-25(20-47)41-36(49)50-37(3,4)5/h7-10,15-17,22,25H,11-14,19-21H2,1-6H3,(H,41,49). The Hall–Kier alpha value is -4.87. The van der Waals surface area contributed by atoms with Gasteiger partial charge in [0.15, 0.2) is 10.9 Å². The van der Waals surface area contributed by atoms with Crippen LogP contribution in [0.2, 0.25) is 0 Å². The average molecular weight is 717 g/mol. The number of fused-ring (bicyclic) bond motifs is 1. The molecule has 2 fully saturated rings. The van der Waals surface area contributed by atoms with E-state index in [1.165, 1.54) is 29.5 Å². The number of anilines is 3. The summed E-state index contributed by atoms with van der Waals surface area (Å²) >= 11 is 1.21. The number of rotatable bonds is 8. The molecule has 2 aromatic heterocycles. The first kappa shape index (κ1) is 35.9. The molecule has 0 radical (unpaired) electrons. The molecule has 6 rings (SSSR count). The van der Waals surface area contributed by atoms with Crippen molar-refractivity contribution in [2.75, 3.05) is 62.7 Å². The Bertz CT molecular complexity index is 1970. The number of nitrogens with one attached hydrogen (secondary N) is 1. The van der Waals surface area contributed by atoms with Crippen molar-refractivity contribution in [1.29, 1.82) is 5.26 Å². The average Bonchev–Trinajstić information content (AvgIpc) is 3.50. The fourth-order valence-electron chi connectivity index (χ4n) is 6.17. The quantitative estimate of drug-likeness (QED) is 0.226. The molecule has 11 nitrogen and oxygen atoms in total. The number of nitrogens with zero attached hydrogens (tertiary/aromatic N) is 7. The van der Waals surface area contributed by atoms with Crippen molar-refractivity contribution in [2.45, 2.75) is 52.2 Å². The fraction of sp³-hybridized carbons (Fsp3) is 0.432. The third-order valence-corrected chi connectivity index (χ3v) is 10.0. The van der Waals surface area contributed by atoms with Crippen molar-refractivity contribution in [3.05, 3.63) is 64.7 Å². The van der Waals surface area contributed by atoms with Crippen molar-refractivity contribution in [3.63, 3.8) is 0 Å². The Labute approximate surface area is 300 Å². The van der Waals surface area contributed by atoms with Gasteiger partial charge in [0.25, 0.3) is 0 Å². The van der Waals surface area contributed by atoms with Gasteiger partial charge >= 0.3 is 6.09 Å². The molecule has 2 aliphatic heterocycles. The number of aromatic nitrogens is 2. The minimum Gasteiger partial charge on any atom is -0.444 e. The molecule has 14 heteroatoms. The molecule has 4 aromatic rings. The smallest absolute Gasteiger partial charge is 0.407 e. The third kappa shape index (κ3) is 8.05. The molecule has 0 aliphatic carbocycles. The van der Waals surface area contributed by atoms with Crippen molar-refractivity contribution < 1.29 is 23.1 Å². The number of alkyl carbamates (subject to hydrolysis) is 1. The second-order valence-electron chi connectivity index (χ2n) is 14.3. The summed E-state index contributed by atoms with van der Waals surface area (Å²) in [6.45, 7) is 13.0. The number of thiazole rings is 1. The SMILES string of the molecule is CC(C)c1cc(N(C)c2nc(-c3ccc(F)cc3)c(C#N)s2)c2cc(N3CCN(CC(=O)N4CC(NC(=O)OC(C)(C)C)C4)CC3)cc(F)c2n1. The van der Waals surface area contributed by atoms with Gasteiger partial charge in [-0.1, -0.05) is 25.2 Å². The molecule has 0 bridgehead atoms. The van der Waals surface area contributed by atoms with Crippen LogP contribution in [0.3, 0.4) is 0 Å². The highest BCUT2D eigenvalue weighted by Crippen LogP contribution is 2.40. The van der Waals surface area contributed by atoms with Gasteiger partial charge < -0.3 is 24.8 Å². The second-order valence-corrected chi connectivity index (χ2v) is 15.3. The van der Waals surface area contributed by atoms with Crippen LogP contribution in [-0.2, 0) is 9.53 Å². The zero-order valence-corrected chi connectivity index (χ0v) is 30.5. The van der Waals surface area contributed by atoms with Crippen molar-refractivity contribution in [3.8, 4) is 17.3 Å². The van der Waals surface area contributed by atoms with E-state index in [1.54, 1.807) is 37.8 Å². The Morgan fingerprint density at radius 2 is 1.76 bits per heavy atom. The molecule has 4 heterocycles. The van der Waals surface area contributed by atoms with E-state index in [1.807, 2.05) is 37.9 Å². The number of halogens is 2. The lowest BCUT2D eigenvalue weighted by atomic mass is 10.0. The summed E-state index contributed by atoms with van der Waals surface area (Å²) in [5.41, 5.74) is 2.89. The molecule has 2 saturated heterocycles. The largest absolute Gasteiger partial charge is 0.444 e. The number of nitriles is 1. The Morgan fingerprint density at radius 3 is 2.39 bits per heavy atom. The Morgan fingerprint density at radius 1 is 1.08 bits per heavy atom. The summed E-state index contributed by atoms with van der Waals surface area (Å²) in [6.07, 6.45) is -0.483. The van der Waals surface area contributed by atoms with E-state index < -0.39 is 17.5 Å². The summed E-state index contributed by atoms with van der Waals surface area (Å²) in [4.78, 5) is 42.6. The molecule has 0 saturated carbocycles. The zero-order chi connectivity index (χ0) is 36.6. The maximum absolute atomic E-state index is 16.0. The van der Waals surface area contributed by atoms with Gasteiger partial charge in [-0.05, 0) is 69.2 Å². The normalized spacial score (nSPS) is 15.5. The van der Waals surface area contributed by atoms with Crippen molar-refractivity contribution in [1.82, 2.24) is 25.1 Å². The molecule has 51 heavy (non-hydrogen) atoms. The number of pyridine rings is 1. The predicted molar refractivity (Wildman–Crippen MR) is 194 cm³/mol. The summed E-state index contributed by atoms with van der Waals surface area (Å²) < 4.78 is 34.9. The van der Waals surface area contributed by atoms with Gasteiger partial charge in [0.05, 0.1) is 18.3 Å². The van der Waals surface area contributed by atoms with E-state index in [0.717, 1.165) is 5.69 Å². The number of carbonyl (C=O) groups is 2. The molecule has 0 unspecified atom stereocenters. The van der Waals surface area contributed by atoms with Gasteiger partial charge in [0, 0.05) is 68.6 Å². The summed E-state index contributed by atoms with van der Waals surface area (Å²) in [7, 11) is 1.83. The molecule has 1 N–H and O–H groups in total. The Balaban J connectivity index is 1.16. The van der Waals surface area contributed by atoms with E-state index in [9.17, 15) is 19.2 Å². The lowest BCUT2D eigenvalue weighted by Crippen LogP contribution is -2.63. The van der Waals surface area contributed by atoms with E-state index in [2.05, 4.69) is 21.2 Å². The Kier molecular flexibility index (Phi) is 10.1. The van der Waals surface area contributed by atoms with Crippen LogP contribution in [-0.4, -0.2) is 96.3 Å². The highest BCUT2D eigenvalue weighted by Gasteiger charge is 2.34. The number of ether oxygens (including phenoxy) is 1. The zero-order valence-electron chi connectivity index (χ0n) is 29.7. The van der Waals surface area contributed by atoms with Crippen LogP contribution in [0.4, 0.5) is 30.1 Å². The molecular weight excluding hydrogens is 675 g/mol. The number of amides is 2. The number of hydrogen-bond acceptors (Lipinski definition) is 10. The first-order valence-electron chi connectivity index (χ1n) is 17.0. The number of piperazine rings is 1. The van der Waals surface area contributed by atoms with Crippen LogP contribution in [0, 0.1) is 23.0 Å². The van der Waals surface area contributed by atoms with Gasteiger partial charge in [-0.3, -0.25) is 9.69 Å². The van der Waals surface area contributed by atoms with E-state index in [-0.39, 0.29) is 35.7 Å². The van der Waals surface area contributed by atoms with E-state index in [4.69, 9.17) is 14.7 Å². The second kappa shape index (κ2) is 14.4. The van der Waals surface area contributed by atoms with Crippen LogP contribution < -0.4 is 15.1 Å². The van der Waals surface area contributed by atoms with Crippen LogP contribution in [0.25, 0.3) is 22.2 Å². The van der Waals surface area contributed by atoms with Crippen LogP contribution >= 0.6 is 11.3 Å². The summed E-state index contributed by atoms with van der Waals surface area (Å²) in [5, 5.41) is 13.9. The molecule has 2 aromatic carbocycles. The van der Waals surface area contributed by atoms with Gasteiger partial charge in [-0.25, -0.2) is 23.5 Å². The minimum absolute atomic E-state index is 0.00600. The van der Waals surface area contributed by atoms with Crippen molar-refractivity contribution >= 4 is 50.7 Å². The molecule has 268 valence electrons. The third-order valence-electron chi connectivity index (χ3n) is 8.98. The minimum atomic E-state index is -0.584. The number of benzene rings is 2. The first-order chi connectivity index (χ1) is 24.2. The van der Waals surface area contributed by atoms with Crippen LogP contribution in [0.15, 0.2) is 42.5 Å². The molecule has 0 atom stereocenters. The lowest BCUT2D eigenvalue weighted by Gasteiger charge is -2.42. The fourth-order valence-corrected chi connectivity index (χ4v) is 7.03. The molecular formula is C37H42F2N8O3S. The lowest BCUT2D eigenvalue weighted by molar-refractivity contribution is -0.137. The van der Waals surface area contributed by atoms with Crippen molar-refractivity contribution in [2.24, 2.45) is 0 Å². The topological polar surface area (TPSA) is 118 Å². The van der Waals surface area contributed by atoms with Gasteiger partial charge in [-0.2, -0.15) is 5.26 Å². The highest BCUT2D eigenvalue weighted by atomic mass is 32.1. The monoisotopic (exact) mass is 716 g/mol. The molecule has 2 amide bonds. The molecule has 0 spiro atoms. The predicted octanol–water partition coefficient (Wildman–Crippen LogP) is 6.26. The highest BCUT2D eigenvalue weighted by molar-refractivity contribution is 7.16. The van der Waals surface area contributed by atoms with Gasteiger partial charge in [0.1, 0.15) is 33.6 Å². The number of carbonyl (C=O) groups excluding carboxylic acids is 2. The maximum atomic E-state index is 16.0. The first-order valence-corrected chi connectivity index (χ1v) is 17.8. The number of likely N-dealkylation sites (tertiary alicyclic amines) is 1.